The van der Waals surface area contributed by atoms with Crippen molar-refractivity contribution in [1.29, 1.82) is 0 Å². The van der Waals surface area contributed by atoms with Gasteiger partial charge in [-0.2, -0.15) is 13.2 Å². The van der Waals surface area contributed by atoms with E-state index in [9.17, 15) is 18.0 Å². The summed E-state index contributed by atoms with van der Waals surface area (Å²) in [5.41, 5.74) is -0.0980. The molecule has 2 saturated heterocycles. The van der Waals surface area contributed by atoms with Crippen LogP contribution in [-0.4, -0.2) is 46.2 Å². The number of alkyl halides is 3. The molecule has 1 spiro atoms. The second-order valence-electron chi connectivity index (χ2n) is 10.8. The summed E-state index contributed by atoms with van der Waals surface area (Å²) in [7, 11) is 0. The first-order chi connectivity index (χ1) is 15.7. The Kier molecular flexibility index (Phi) is 6.01. The Bertz CT molecular complexity index is 867. The molecule has 1 aromatic carbocycles. The zero-order valence-electron chi connectivity index (χ0n) is 19.6. The van der Waals surface area contributed by atoms with Gasteiger partial charge in [0.25, 0.3) is 0 Å². The first-order valence-corrected chi connectivity index (χ1v) is 12.6. The van der Waals surface area contributed by atoms with Gasteiger partial charge in [-0.3, -0.25) is 9.69 Å². The molecule has 7 heteroatoms. The van der Waals surface area contributed by atoms with Crippen LogP contribution < -0.4 is 0 Å². The van der Waals surface area contributed by atoms with E-state index < -0.39 is 17.5 Å². The van der Waals surface area contributed by atoms with Crippen molar-refractivity contribution < 1.29 is 22.7 Å². The molecular weight excluding hydrogens is 429 g/mol. The lowest BCUT2D eigenvalue weighted by Gasteiger charge is -2.55. The van der Waals surface area contributed by atoms with E-state index >= 15 is 0 Å². The summed E-state index contributed by atoms with van der Waals surface area (Å²) in [5, 5.41) is 0. The molecule has 0 aromatic heterocycles. The van der Waals surface area contributed by atoms with Gasteiger partial charge in [0.1, 0.15) is 5.72 Å². The standard InChI is InChI=1S/C26H35F3N2O2/c1-17(2)23-16-33-25-13-12-22(14-20(25)10-11-24(32)31(23)25)30(21-4-3-5-21)15-18-6-8-19(9-7-18)26(27,28)29/h6-9,17,20-23H,3-5,10-16H2,1-2H3/t20-,22+,23-,25-/m1/s1. The fraction of sp³-hybridized carbons (Fsp3) is 0.731. The molecule has 182 valence electrons. The van der Waals surface area contributed by atoms with Crippen molar-refractivity contribution in [3.63, 3.8) is 0 Å². The number of nitrogens with zero attached hydrogens (tertiary/aromatic N) is 2. The number of carbonyl (C=O) groups is 1. The Balaban J connectivity index is 1.34. The maximum absolute atomic E-state index is 13.0. The molecule has 5 rings (SSSR count). The van der Waals surface area contributed by atoms with Crippen molar-refractivity contribution >= 4 is 5.91 Å². The van der Waals surface area contributed by atoms with Gasteiger partial charge in [-0.05, 0) is 62.1 Å². The highest BCUT2D eigenvalue weighted by Gasteiger charge is 2.59. The number of hydrogen-bond donors (Lipinski definition) is 0. The van der Waals surface area contributed by atoms with Gasteiger partial charge in [0.05, 0.1) is 18.2 Å². The first-order valence-electron chi connectivity index (χ1n) is 12.6. The normalized spacial score (nSPS) is 32.8. The zero-order valence-corrected chi connectivity index (χ0v) is 19.6. The fourth-order valence-corrected chi connectivity index (χ4v) is 6.60. The summed E-state index contributed by atoms with van der Waals surface area (Å²) >= 11 is 0. The molecule has 4 atom stereocenters. The zero-order chi connectivity index (χ0) is 23.4. The molecule has 0 N–H and O–H groups in total. The molecule has 1 aromatic rings. The number of benzene rings is 1. The highest BCUT2D eigenvalue weighted by Crippen LogP contribution is 2.51. The van der Waals surface area contributed by atoms with Crippen molar-refractivity contribution in [2.45, 2.75) is 102 Å². The summed E-state index contributed by atoms with van der Waals surface area (Å²) in [6.07, 6.45) is 3.50. The van der Waals surface area contributed by atoms with Crippen molar-refractivity contribution in [1.82, 2.24) is 9.80 Å². The van der Waals surface area contributed by atoms with Crippen molar-refractivity contribution in [2.24, 2.45) is 11.8 Å². The number of piperidine rings is 1. The predicted molar refractivity (Wildman–Crippen MR) is 119 cm³/mol. The Labute approximate surface area is 194 Å². The molecule has 2 aliphatic heterocycles. The van der Waals surface area contributed by atoms with Gasteiger partial charge in [0.15, 0.2) is 0 Å². The summed E-state index contributed by atoms with van der Waals surface area (Å²) in [5.74, 6) is 0.935. The quantitative estimate of drug-likeness (QED) is 0.569. The van der Waals surface area contributed by atoms with Crippen LogP contribution >= 0.6 is 0 Å². The molecule has 33 heavy (non-hydrogen) atoms. The van der Waals surface area contributed by atoms with Crippen LogP contribution in [0.25, 0.3) is 0 Å². The lowest BCUT2D eigenvalue weighted by Crippen LogP contribution is -2.63. The second-order valence-corrected chi connectivity index (χ2v) is 10.8. The minimum absolute atomic E-state index is 0.159. The van der Waals surface area contributed by atoms with Gasteiger partial charge >= 0.3 is 6.18 Å². The number of amides is 1. The molecule has 0 bridgehead atoms. The molecule has 1 amide bonds. The molecule has 4 aliphatic rings. The lowest BCUT2D eigenvalue weighted by molar-refractivity contribution is -0.193. The lowest BCUT2D eigenvalue weighted by atomic mass is 9.71. The summed E-state index contributed by atoms with van der Waals surface area (Å²) < 4.78 is 45.4. The number of ether oxygens (including phenoxy) is 1. The number of halogens is 3. The maximum Gasteiger partial charge on any atom is 0.416 e. The van der Waals surface area contributed by atoms with Crippen LogP contribution in [0.1, 0.15) is 76.3 Å². The van der Waals surface area contributed by atoms with Gasteiger partial charge in [0, 0.05) is 31.0 Å². The molecule has 2 saturated carbocycles. The van der Waals surface area contributed by atoms with Crippen molar-refractivity contribution in [3.8, 4) is 0 Å². The summed E-state index contributed by atoms with van der Waals surface area (Å²) in [4.78, 5) is 17.6. The molecule has 4 fully saturated rings. The van der Waals surface area contributed by atoms with Crippen molar-refractivity contribution in [2.75, 3.05) is 6.61 Å². The van der Waals surface area contributed by atoms with E-state index in [1.165, 1.54) is 18.6 Å². The fourth-order valence-electron chi connectivity index (χ4n) is 6.60. The number of rotatable bonds is 5. The van der Waals surface area contributed by atoms with Gasteiger partial charge in [-0.25, -0.2) is 0 Å². The minimum Gasteiger partial charge on any atom is -0.353 e. The molecule has 2 heterocycles. The van der Waals surface area contributed by atoms with Crippen LogP contribution in [-0.2, 0) is 22.3 Å². The van der Waals surface area contributed by atoms with Crippen LogP contribution in [0.5, 0.6) is 0 Å². The van der Waals surface area contributed by atoms with Crippen molar-refractivity contribution in [3.05, 3.63) is 35.4 Å². The van der Waals surface area contributed by atoms with E-state index in [1.807, 2.05) is 0 Å². The van der Waals surface area contributed by atoms with Crippen LogP contribution in [0.3, 0.4) is 0 Å². The third-order valence-electron chi connectivity index (χ3n) is 8.68. The highest BCUT2D eigenvalue weighted by molar-refractivity contribution is 5.78. The summed E-state index contributed by atoms with van der Waals surface area (Å²) in [6.45, 7) is 5.64. The van der Waals surface area contributed by atoms with Crippen LogP contribution in [0.15, 0.2) is 24.3 Å². The van der Waals surface area contributed by atoms with E-state index in [0.717, 1.165) is 44.1 Å². The molecule has 0 unspecified atom stereocenters. The maximum atomic E-state index is 13.0. The number of carbonyl (C=O) groups excluding carboxylic acids is 1. The van der Waals surface area contributed by atoms with E-state index in [1.54, 1.807) is 12.1 Å². The van der Waals surface area contributed by atoms with Crippen LogP contribution in [0, 0.1) is 11.8 Å². The van der Waals surface area contributed by atoms with Crippen LogP contribution in [0.4, 0.5) is 13.2 Å². The number of hydrogen-bond acceptors (Lipinski definition) is 3. The Morgan fingerprint density at radius 2 is 1.85 bits per heavy atom. The van der Waals surface area contributed by atoms with E-state index in [2.05, 4.69) is 23.6 Å². The summed E-state index contributed by atoms with van der Waals surface area (Å²) in [6, 6.07) is 6.71. The first kappa shape index (κ1) is 23.2. The van der Waals surface area contributed by atoms with E-state index in [0.29, 0.717) is 43.5 Å². The third kappa shape index (κ3) is 4.09. The van der Waals surface area contributed by atoms with E-state index in [4.69, 9.17) is 4.74 Å². The predicted octanol–water partition coefficient (Wildman–Crippen LogP) is 5.60. The topological polar surface area (TPSA) is 32.8 Å². The Hall–Kier alpha value is -1.60. The monoisotopic (exact) mass is 464 g/mol. The van der Waals surface area contributed by atoms with Gasteiger partial charge in [0.2, 0.25) is 5.91 Å². The second kappa shape index (κ2) is 8.56. The smallest absolute Gasteiger partial charge is 0.353 e. The largest absolute Gasteiger partial charge is 0.416 e. The average Bonchev–Trinajstić information content (AvgIpc) is 3.12. The Morgan fingerprint density at radius 1 is 1.12 bits per heavy atom. The van der Waals surface area contributed by atoms with Gasteiger partial charge in [-0.15, -0.1) is 0 Å². The van der Waals surface area contributed by atoms with E-state index in [-0.39, 0.29) is 11.9 Å². The van der Waals surface area contributed by atoms with Crippen LogP contribution in [0.2, 0.25) is 0 Å². The van der Waals surface area contributed by atoms with Gasteiger partial charge in [-0.1, -0.05) is 32.4 Å². The molecule has 4 nitrogen and oxygen atoms in total. The molecule has 0 radical (unpaired) electrons. The third-order valence-corrected chi connectivity index (χ3v) is 8.68. The minimum atomic E-state index is -4.30. The Morgan fingerprint density at radius 3 is 2.45 bits per heavy atom. The van der Waals surface area contributed by atoms with Gasteiger partial charge < -0.3 is 9.64 Å². The highest BCUT2D eigenvalue weighted by atomic mass is 19.4. The molecular formula is C26H35F3N2O2. The SMILES string of the molecule is CC(C)[C@H]1CO[C@]23CC[C@H](N(Cc4ccc(C(F)(F)F)cc4)C4CCC4)C[C@H]2CCC(=O)N13. The molecule has 2 aliphatic carbocycles. The average molecular weight is 465 g/mol.